The Morgan fingerprint density at radius 2 is 2.28 bits per heavy atom. The number of nitrogens with zero attached hydrogens (tertiary/aromatic N) is 3. The lowest BCUT2D eigenvalue weighted by atomic mass is 10.3. The number of aromatic nitrogens is 2. The van der Waals surface area contributed by atoms with E-state index in [1.165, 1.54) is 4.68 Å². The summed E-state index contributed by atoms with van der Waals surface area (Å²) in [6, 6.07) is 0.0429. The van der Waals surface area contributed by atoms with Crippen LogP contribution in [0.15, 0.2) is 11.0 Å². The SMILES string of the molecule is CC(CN)Nc1cnn(CCN(C)C)c(=O)c1Cl. The van der Waals surface area contributed by atoms with E-state index < -0.39 is 0 Å². The van der Waals surface area contributed by atoms with E-state index in [0.29, 0.717) is 18.8 Å². The zero-order valence-corrected chi connectivity index (χ0v) is 11.7. The van der Waals surface area contributed by atoms with Crippen molar-refractivity contribution in [3.8, 4) is 0 Å². The summed E-state index contributed by atoms with van der Waals surface area (Å²) in [5, 5.41) is 7.29. The summed E-state index contributed by atoms with van der Waals surface area (Å²) in [7, 11) is 3.87. The van der Waals surface area contributed by atoms with Gasteiger partial charge in [-0.15, -0.1) is 0 Å². The van der Waals surface area contributed by atoms with E-state index in [0.717, 1.165) is 6.54 Å². The molecule has 0 amide bonds. The van der Waals surface area contributed by atoms with Gasteiger partial charge >= 0.3 is 0 Å². The highest BCUT2D eigenvalue weighted by Crippen LogP contribution is 2.15. The Labute approximate surface area is 112 Å². The summed E-state index contributed by atoms with van der Waals surface area (Å²) < 4.78 is 1.36. The molecule has 0 radical (unpaired) electrons. The number of likely N-dealkylation sites (N-methyl/N-ethyl adjacent to an activating group) is 1. The Bertz CT molecular complexity index is 446. The topological polar surface area (TPSA) is 76.2 Å². The molecule has 0 spiro atoms. The molecule has 1 atom stereocenters. The number of halogens is 1. The highest BCUT2D eigenvalue weighted by molar-refractivity contribution is 6.32. The maximum absolute atomic E-state index is 12.0. The van der Waals surface area contributed by atoms with Crippen LogP contribution in [0.4, 0.5) is 5.69 Å². The maximum Gasteiger partial charge on any atom is 0.287 e. The lowest BCUT2D eigenvalue weighted by molar-refractivity contribution is 0.367. The van der Waals surface area contributed by atoms with Crippen LogP contribution in [0.5, 0.6) is 0 Å². The molecule has 0 aliphatic carbocycles. The quantitative estimate of drug-likeness (QED) is 0.775. The third-order valence-corrected chi connectivity index (χ3v) is 2.86. The first-order valence-corrected chi connectivity index (χ1v) is 6.20. The largest absolute Gasteiger partial charge is 0.379 e. The van der Waals surface area contributed by atoms with Crippen LogP contribution in [-0.2, 0) is 6.54 Å². The van der Waals surface area contributed by atoms with Gasteiger partial charge in [-0.2, -0.15) is 5.10 Å². The summed E-state index contributed by atoms with van der Waals surface area (Å²) >= 11 is 6.02. The first kappa shape index (κ1) is 14.9. The molecular formula is C11H20ClN5O. The van der Waals surface area contributed by atoms with Gasteiger partial charge in [-0.1, -0.05) is 11.6 Å². The van der Waals surface area contributed by atoms with Gasteiger partial charge in [0, 0.05) is 19.1 Å². The van der Waals surface area contributed by atoms with E-state index in [2.05, 4.69) is 10.4 Å². The Balaban J connectivity index is 2.88. The third kappa shape index (κ3) is 3.97. The molecule has 102 valence electrons. The second-order valence-corrected chi connectivity index (χ2v) is 4.86. The highest BCUT2D eigenvalue weighted by atomic mass is 35.5. The zero-order chi connectivity index (χ0) is 13.7. The van der Waals surface area contributed by atoms with Crippen LogP contribution >= 0.6 is 11.6 Å². The fourth-order valence-corrected chi connectivity index (χ4v) is 1.54. The molecule has 0 aliphatic rings. The molecule has 0 fully saturated rings. The molecule has 0 bridgehead atoms. The van der Waals surface area contributed by atoms with Crippen LogP contribution in [0.1, 0.15) is 6.92 Å². The monoisotopic (exact) mass is 273 g/mol. The van der Waals surface area contributed by atoms with Crippen LogP contribution in [0.3, 0.4) is 0 Å². The van der Waals surface area contributed by atoms with Crippen molar-refractivity contribution in [3.05, 3.63) is 21.6 Å². The lowest BCUT2D eigenvalue weighted by Crippen LogP contribution is -2.31. The van der Waals surface area contributed by atoms with Gasteiger partial charge in [-0.25, -0.2) is 4.68 Å². The standard InChI is InChI=1S/C11H20ClN5O/c1-8(6-13)15-9-7-14-17(5-4-16(2)3)11(18)10(9)12/h7-8,15H,4-6,13H2,1-3H3. The van der Waals surface area contributed by atoms with Crippen LogP contribution in [0.25, 0.3) is 0 Å². The van der Waals surface area contributed by atoms with Gasteiger partial charge in [-0.3, -0.25) is 4.79 Å². The van der Waals surface area contributed by atoms with Gasteiger partial charge in [-0.05, 0) is 21.0 Å². The minimum absolute atomic E-state index is 0.0429. The summed E-state index contributed by atoms with van der Waals surface area (Å²) in [4.78, 5) is 13.9. The first-order valence-electron chi connectivity index (χ1n) is 5.82. The first-order chi connectivity index (χ1) is 8.45. The predicted octanol–water partition coefficient (Wildman–Crippen LogP) is 0.217. The molecule has 1 aromatic rings. The Hall–Kier alpha value is -1.11. The second kappa shape index (κ2) is 6.72. The molecule has 7 heteroatoms. The fraction of sp³-hybridized carbons (Fsp3) is 0.636. The molecule has 18 heavy (non-hydrogen) atoms. The van der Waals surface area contributed by atoms with Gasteiger partial charge in [0.1, 0.15) is 5.02 Å². The van der Waals surface area contributed by atoms with Crippen molar-refractivity contribution < 1.29 is 0 Å². The summed E-state index contributed by atoms with van der Waals surface area (Å²) in [5.41, 5.74) is 5.75. The van der Waals surface area contributed by atoms with Gasteiger partial charge in [0.25, 0.3) is 5.56 Å². The van der Waals surface area contributed by atoms with E-state index >= 15 is 0 Å². The molecule has 0 aromatic carbocycles. The molecule has 0 saturated carbocycles. The number of hydrogen-bond donors (Lipinski definition) is 2. The van der Waals surface area contributed by atoms with Crippen LogP contribution in [0, 0.1) is 0 Å². The average molecular weight is 274 g/mol. The van der Waals surface area contributed by atoms with Crippen LogP contribution < -0.4 is 16.6 Å². The molecule has 0 aliphatic heterocycles. The van der Waals surface area contributed by atoms with Crippen molar-refractivity contribution in [2.24, 2.45) is 5.73 Å². The molecule has 1 heterocycles. The van der Waals surface area contributed by atoms with Gasteiger partial charge in [0.2, 0.25) is 0 Å². The summed E-state index contributed by atoms with van der Waals surface area (Å²) in [6.45, 7) is 3.61. The van der Waals surface area contributed by atoms with Crippen molar-refractivity contribution >= 4 is 17.3 Å². The number of hydrogen-bond acceptors (Lipinski definition) is 5. The molecule has 0 saturated heterocycles. The Morgan fingerprint density at radius 3 is 2.83 bits per heavy atom. The average Bonchev–Trinajstić information content (AvgIpc) is 2.33. The van der Waals surface area contributed by atoms with Crippen molar-refractivity contribution in [2.45, 2.75) is 19.5 Å². The second-order valence-electron chi connectivity index (χ2n) is 4.48. The van der Waals surface area contributed by atoms with E-state index in [9.17, 15) is 4.79 Å². The normalized spacial score (nSPS) is 12.8. The van der Waals surface area contributed by atoms with Crippen molar-refractivity contribution in [2.75, 3.05) is 32.5 Å². The predicted molar refractivity (Wildman–Crippen MR) is 74.2 cm³/mol. The number of nitrogens with two attached hydrogens (primary N) is 1. The summed E-state index contributed by atoms with van der Waals surface area (Å²) in [5.74, 6) is 0. The number of nitrogens with one attached hydrogen (secondary N) is 1. The summed E-state index contributed by atoms with van der Waals surface area (Å²) in [6.07, 6.45) is 1.56. The molecular weight excluding hydrogens is 254 g/mol. The van der Waals surface area contributed by atoms with E-state index in [1.807, 2.05) is 25.9 Å². The molecule has 1 unspecified atom stereocenters. The lowest BCUT2D eigenvalue weighted by Gasteiger charge is -2.15. The molecule has 3 N–H and O–H groups in total. The molecule has 1 rings (SSSR count). The minimum atomic E-state index is -0.285. The number of anilines is 1. The molecule has 6 nitrogen and oxygen atoms in total. The fourth-order valence-electron chi connectivity index (χ4n) is 1.34. The Morgan fingerprint density at radius 1 is 1.61 bits per heavy atom. The van der Waals surface area contributed by atoms with Crippen LogP contribution in [0.2, 0.25) is 5.02 Å². The Kier molecular flexibility index (Phi) is 5.58. The smallest absolute Gasteiger partial charge is 0.287 e. The van der Waals surface area contributed by atoms with Crippen LogP contribution in [-0.4, -0.2) is 47.9 Å². The number of rotatable bonds is 6. The van der Waals surface area contributed by atoms with E-state index in [1.54, 1.807) is 6.20 Å². The minimum Gasteiger partial charge on any atom is -0.379 e. The van der Waals surface area contributed by atoms with Gasteiger partial charge < -0.3 is 16.0 Å². The van der Waals surface area contributed by atoms with Gasteiger partial charge in [0.15, 0.2) is 0 Å². The van der Waals surface area contributed by atoms with Crippen molar-refractivity contribution in [1.29, 1.82) is 0 Å². The highest BCUT2D eigenvalue weighted by Gasteiger charge is 2.10. The zero-order valence-electron chi connectivity index (χ0n) is 11.0. The third-order valence-electron chi connectivity index (χ3n) is 2.50. The van der Waals surface area contributed by atoms with E-state index in [4.69, 9.17) is 17.3 Å². The van der Waals surface area contributed by atoms with E-state index in [-0.39, 0.29) is 16.6 Å². The van der Waals surface area contributed by atoms with Crippen molar-refractivity contribution in [3.63, 3.8) is 0 Å². The maximum atomic E-state index is 12.0. The van der Waals surface area contributed by atoms with Gasteiger partial charge in [0.05, 0.1) is 18.4 Å². The molecule has 1 aromatic heterocycles. The van der Waals surface area contributed by atoms with Crippen molar-refractivity contribution in [1.82, 2.24) is 14.7 Å².